The Bertz CT molecular complexity index is 591. The van der Waals surface area contributed by atoms with Gasteiger partial charge in [-0.2, -0.15) is 13.2 Å². The van der Waals surface area contributed by atoms with Gasteiger partial charge in [-0.3, -0.25) is 4.79 Å². The van der Waals surface area contributed by atoms with Crippen LogP contribution >= 0.6 is 11.3 Å². The summed E-state index contributed by atoms with van der Waals surface area (Å²) in [6.45, 7) is 0.0736. The first-order valence-corrected chi connectivity index (χ1v) is 7.22. The average molecular weight is 314 g/mol. The molecule has 0 amide bonds. The number of ketones is 1. The van der Waals surface area contributed by atoms with Gasteiger partial charge in [-0.25, -0.2) is 0 Å². The van der Waals surface area contributed by atoms with Crippen LogP contribution in [0.1, 0.15) is 28.1 Å². The van der Waals surface area contributed by atoms with E-state index in [1.807, 2.05) is 5.38 Å². The quantitative estimate of drug-likeness (QED) is 0.565. The maximum atomic E-state index is 12.7. The third kappa shape index (κ3) is 4.32. The van der Waals surface area contributed by atoms with Crippen molar-refractivity contribution in [2.75, 3.05) is 6.61 Å². The maximum absolute atomic E-state index is 12.7. The Balaban J connectivity index is 1.86. The number of hydrogen-bond donors (Lipinski definition) is 0. The second-order valence-corrected chi connectivity index (χ2v) is 5.29. The molecule has 2 aromatic rings. The normalized spacial score (nSPS) is 11.4. The molecule has 1 heterocycles. The molecule has 112 valence electrons. The van der Waals surface area contributed by atoms with E-state index in [9.17, 15) is 18.0 Å². The monoisotopic (exact) mass is 314 g/mol. The molecule has 0 aliphatic heterocycles. The number of carbonyl (C=O) groups is 1. The molecule has 1 aromatic carbocycles. The van der Waals surface area contributed by atoms with Gasteiger partial charge in [-0.1, -0.05) is 18.2 Å². The first-order chi connectivity index (χ1) is 9.98. The van der Waals surface area contributed by atoms with E-state index in [1.165, 1.54) is 29.5 Å². The van der Waals surface area contributed by atoms with Crippen LogP contribution in [0.25, 0.3) is 0 Å². The summed E-state index contributed by atoms with van der Waals surface area (Å²) in [5, 5.41) is 1.81. The van der Waals surface area contributed by atoms with E-state index in [0.29, 0.717) is 11.3 Å². The summed E-state index contributed by atoms with van der Waals surface area (Å²) >= 11 is 1.35. The second kappa shape index (κ2) is 6.76. The Morgan fingerprint density at radius 1 is 1.14 bits per heavy atom. The van der Waals surface area contributed by atoms with E-state index in [0.717, 1.165) is 6.07 Å². The Kier molecular flexibility index (Phi) is 5.01. The van der Waals surface area contributed by atoms with Crippen LogP contribution in [0.3, 0.4) is 0 Å². The predicted molar refractivity (Wildman–Crippen MR) is 74.8 cm³/mol. The highest BCUT2D eigenvalue weighted by Gasteiger charge is 2.33. The van der Waals surface area contributed by atoms with Gasteiger partial charge in [0, 0.05) is 6.42 Å². The lowest BCUT2D eigenvalue weighted by Crippen LogP contribution is -2.09. The van der Waals surface area contributed by atoms with E-state index in [2.05, 4.69) is 0 Å². The molecule has 21 heavy (non-hydrogen) atoms. The molecular formula is C15H13F3O2S. The van der Waals surface area contributed by atoms with E-state index in [4.69, 9.17) is 4.74 Å². The number of para-hydroxylation sites is 1. The lowest BCUT2D eigenvalue weighted by atomic mass is 10.2. The molecule has 2 rings (SSSR count). The summed E-state index contributed by atoms with van der Waals surface area (Å²) in [6.07, 6.45) is -3.80. The van der Waals surface area contributed by atoms with Gasteiger partial charge < -0.3 is 4.74 Å². The van der Waals surface area contributed by atoms with Crippen LogP contribution < -0.4 is 4.74 Å². The molecule has 0 unspecified atom stereocenters. The van der Waals surface area contributed by atoms with Gasteiger partial charge in [0.1, 0.15) is 5.75 Å². The topological polar surface area (TPSA) is 26.3 Å². The third-order valence-electron chi connectivity index (χ3n) is 2.79. The van der Waals surface area contributed by atoms with Crippen molar-refractivity contribution in [2.24, 2.45) is 0 Å². The molecule has 0 aliphatic rings. The van der Waals surface area contributed by atoms with Crippen LogP contribution in [0.2, 0.25) is 0 Å². The fourth-order valence-electron chi connectivity index (χ4n) is 1.80. The standard InChI is InChI=1S/C15H13F3O2S/c16-15(17,18)11-5-1-2-7-13(11)20-9-3-6-12(19)14-8-4-10-21-14/h1-2,4-5,7-8,10H,3,6,9H2. The van der Waals surface area contributed by atoms with Crippen molar-refractivity contribution in [1.29, 1.82) is 0 Å². The third-order valence-corrected chi connectivity index (χ3v) is 3.71. The van der Waals surface area contributed by atoms with Crippen LogP contribution in [-0.2, 0) is 6.18 Å². The van der Waals surface area contributed by atoms with Crippen molar-refractivity contribution in [3.8, 4) is 5.75 Å². The molecular weight excluding hydrogens is 301 g/mol. The summed E-state index contributed by atoms with van der Waals surface area (Å²) in [5.41, 5.74) is -0.797. The fraction of sp³-hybridized carbons (Fsp3) is 0.267. The number of benzene rings is 1. The average Bonchev–Trinajstić information content (AvgIpc) is 2.97. The van der Waals surface area contributed by atoms with Crippen molar-refractivity contribution >= 4 is 17.1 Å². The van der Waals surface area contributed by atoms with E-state index in [-0.39, 0.29) is 24.6 Å². The first-order valence-electron chi connectivity index (χ1n) is 6.34. The molecule has 1 aromatic heterocycles. The molecule has 0 N–H and O–H groups in total. The smallest absolute Gasteiger partial charge is 0.419 e. The zero-order valence-electron chi connectivity index (χ0n) is 11.0. The van der Waals surface area contributed by atoms with Crippen molar-refractivity contribution in [3.05, 3.63) is 52.2 Å². The number of alkyl halides is 3. The Labute approximate surface area is 124 Å². The van der Waals surface area contributed by atoms with E-state index >= 15 is 0 Å². The number of carbonyl (C=O) groups excluding carboxylic acids is 1. The van der Waals surface area contributed by atoms with Gasteiger partial charge >= 0.3 is 6.18 Å². The zero-order chi connectivity index (χ0) is 15.3. The Hall–Kier alpha value is -1.82. The molecule has 0 atom stereocenters. The van der Waals surface area contributed by atoms with Crippen LogP contribution in [0.15, 0.2) is 41.8 Å². The van der Waals surface area contributed by atoms with Gasteiger partial charge in [-0.15, -0.1) is 11.3 Å². The number of halogens is 3. The summed E-state index contributed by atoms with van der Waals surface area (Å²) in [4.78, 5) is 12.4. The van der Waals surface area contributed by atoms with Crippen LogP contribution in [0.4, 0.5) is 13.2 Å². The fourth-order valence-corrected chi connectivity index (χ4v) is 2.50. The van der Waals surface area contributed by atoms with E-state index in [1.54, 1.807) is 12.1 Å². The van der Waals surface area contributed by atoms with Crippen molar-refractivity contribution in [1.82, 2.24) is 0 Å². The number of Topliss-reactive ketones (excluding diaryl/α,β-unsaturated/α-hetero) is 1. The second-order valence-electron chi connectivity index (χ2n) is 4.35. The van der Waals surface area contributed by atoms with Gasteiger partial charge in [0.15, 0.2) is 5.78 Å². The molecule has 0 spiro atoms. The number of thiophene rings is 1. The van der Waals surface area contributed by atoms with E-state index < -0.39 is 11.7 Å². The van der Waals surface area contributed by atoms with Crippen LogP contribution in [0, 0.1) is 0 Å². The molecule has 0 aliphatic carbocycles. The molecule has 0 bridgehead atoms. The van der Waals surface area contributed by atoms with Crippen molar-refractivity contribution in [2.45, 2.75) is 19.0 Å². The number of hydrogen-bond acceptors (Lipinski definition) is 3. The minimum absolute atomic E-state index is 0.0160. The highest BCUT2D eigenvalue weighted by atomic mass is 32.1. The summed E-state index contributed by atoms with van der Waals surface area (Å²) < 4.78 is 43.4. The van der Waals surface area contributed by atoms with Gasteiger partial charge in [0.2, 0.25) is 0 Å². The number of rotatable bonds is 6. The minimum atomic E-state index is -4.44. The Morgan fingerprint density at radius 2 is 1.90 bits per heavy atom. The molecule has 0 radical (unpaired) electrons. The lowest BCUT2D eigenvalue weighted by Gasteiger charge is -2.13. The SMILES string of the molecule is O=C(CCCOc1ccccc1C(F)(F)F)c1cccs1. The molecule has 0 saturated carbocycles. The molecule has 0 fully saturated rings. The zero-order valence-corrected chi connectivity index (χ0v) is 11.8. The predicted octanol–water partition coefficient (Wildman–Crippen LogP) is 4.81. The molecule has 6 heteroatoms. The van der Waals surface area contributed by atoms with Crippen molar-refractivity contribution in [3.63, 3.8) is 0 Å². The lowest BCUT2D eigenvalue weighted by molar-refractivity contribution is -0.138. The highest BCUT2D eigenvalue weighted by Crippen LogP contribution is 2.35. The van der Waals surface area contributed by atoms with Gasteiger partial charge in [-0.05, 0) is 30.0 Å². The summed E-state index contributed by atoms with van der Waals surface area (Å²) in [6, 6.07) is 8.58. The molecule has 0 saturated heterocycles. The van der Waals surface area contributed by atoms with Crippen LogP contribution in [-0.4, -0.2) is 12.4 Å². The largest absolute Gasteiger partial charge is 0.493 e. The molecule has 2 nitrogen and oxygen atoms in total. The van der Waals surface area contributed by atoms with Crippen molar-refractivity contribution < 1.29 is 22.7 Å². The summed E-state index contributed by atoms with van der Waals surface area (Å²) in [5.74, 6) is -0.216. The van der Waals surface area contributed by atoms with Gasteiger partial charge in [0.05, 0.1) is 17.0 Å². The highest BCUT2D eigenvalue weighted by molar-refractivity contribution is 7.12. The number of ether oxygens (including phenoxy) is 1. The first kappa shape index (κ1) is 15.6. The Morgan fingerprint density at radius 3 is 2.57 bits per heavy atom. The van der Waals surface area contributed by atoms with Gasteiger partial charge in [0.25, 0.3) is 0 Å². The minimum Gasteiger partial charge on any atom is -0.493 e. The summed E-state index contributed by atoms with van der Waals surface area (Å²) in [7, 11) is 0. The van der Waals surface area contributed by atoms with Crippen LogP contribution in [0.5, 0.6) is 5.75 Å². The maximum Gasteiger partial charge on any atom is 0.419 e.